The number of benzene rings is 3. The monoisotopic (exact) mass is 533 g/mol. The number of nitrogens with zero attached hydrogens (tertiary/aromatic N) is 1. The highest BCUT2D eigenvalue weighted by Crippen LogP contribution is 2.44. The maximum atomic E-state index is 13.4. The van der Waals surface area contributed by atoms with Crippen molar-refractivity contribution in [3.8, 4) is 21.7 Å². The molecular weight excluding hydrogens is 499 g/mol. The summed E-state index contributed by atoms with van der Waals surface area (Å²) in [5.41, 5.74) is 3.19. The highest BCUT2D eigenvalue weighted by Gasteiger charge is 2.46. The van der Waals surface area contributed by atoms with Crippen molar-refractivity contribution >= 4 is 32.2 Å². The van der Waals surface area contributed by atoms with Gasteiger partial charge < -0.3 is 0 Å². The number of pyridine rings is 1. The summed E-state index contributed by atoms with van der Waals surface area (Å²) in [5, 5.41) is 2.96. The lowest BCUT2D eigenvalue weighted by Crippen LogP contribution is -2.34. The van der Waals surface area contributed by atoms with E-state index < -0.39 is 11.6 Å². The number of rotatable bonds is 4. The normalized spacial score (nSPS) is 13.7. The molecule has 196 valence electrons. The van der Waals surface area contributed by atoms with E-state index in [1.54, 1.807) is 12.1 Å². The van der Waals surface area contributed by atoms with E-state index >= 15 is 0 Å². The molecule has 0 aliphatic carbocycles. The summed E-state index contributed by atoms with van der Waals surface area (Å²) in [7, 11) is 0. The molecule has 0 saturated carbocycles. The second-order valence-electron chi connectivity index (χ2n) is 11.7. The molecule has 0 aliphatic heterocycles. The third-order valence-electron chi connectivity index (χ3n) is 7.28. The Balaban J connectivity index is 1.66. The fraction of sp³-hybridized carbons (Fsp3) is 0.303. The van der Waals surface area contributed by atoms with Crippen LogP contribution in [0.5, 0.6) is 0 Å². The third-order valence-corrected chi connectivity index (χ3v) is 8.63. The van der Waals surface area contributed by atoms with Gasteiger partial charge >= 0.3 is 6.18 Å². The van der Waals surface area contributed by atoms with Crippen molar-refractivity contribution in [2.75, 3.05) is 0 Å². The zero-order chi connectivity index (χ0) is 29.2. The molecule has 5 heteroatoms. The van der Waals surface area contributed by atoms with Gasteiger partial charge in [0.15, 0.2) is 0 Å². The lowest BCUT2D eigenvalue weighted by Gasteiger charge is -2.27. The standard InChI is InChI=1S/C33H32F3NS/c1-20-25-15-16-37-28(24-17-23-9-7-8-10-26(23)27(18-24)31(2,3)4)30(25)38-29(20)22-13-11-21(12-14-22)19-32(5,6)33(34,35)36/h7-18H,19H2,1-6H3/i15D,16D. The van der Waals surface area contributed by atoms with Crippen LogP contribution in [0, 0.1) is 12.3 Å². The van der Waals surface area contributed by atoms with E-state index in [4.69, 9.17) is 2.74 Å². The first kappa shape index (κ1) is 23.9. The molecule has 0 unspecified atom stereocenters. The minimum Gasteiger partial charge on any atom is -0.255 e. The zero-order valence-corrected chi connectivity index (χ0v) is 23.3. The summed E-state index contributed by atoms with van der Waals surface area (Å²) in [4.78, 5) is 5.54. The number of hydrogen-bond acceptors (Lipinski definition) is 2. The summed E-state index contributed by atoms with van der Waals surface area (Å²) >= 11 is 1.52. The molecule has 0 fully saturated rings. The maximum Gasteiger partial charge on any atom is 0.394 e. The molecule has 2 heterocycles. The Morgan fingerprint density at radius 1 is 0.868 bits per heavy atom. The lowest BCUT2D eigenvalue weighted by atomic mass is 9.82. The van der Waals surface area contributed by atoms with Crippen molar-refractivity contribution in [1.82, 2.24) is 4.98 Å². The van der Waals surface area contributed by atoms with Gasteiger partial charge in [-0.15, -0.1) is 11.3 Å². The Kier molecular flexibility index (Phi) is 5.81. The Bertz CT molecular complexity index is 1740. The maximum absolute atomic E-state index is 13.4. The number of thiophene rings is 1. The van der Waals surface area contributed by atoms with Crippen molar-refractivity contribution < 1.29 is 15.9 Å². The number of alkyl halides is 3. The third kappa shape index (κ3) is 4.73. The molecule has 5 rings (SSSR count). The second kappa shape index (κ2) is 9.23. The molecule has 0 N–H and O–H groups in total. The SMILES string of the molecule is [2H]c1nc(-c2cc(C(C)(C)C)c3ccccc3c2)c2sc(-c3ccc(CC(C)(C)C(F)(F)F)cc3)c(C)c2c1[2H]. The average Bonchev–Trinajstić information content (AvgIpc) is 3.21. The molecule has 5 aromatic rings. The smallest absolute Gasteiger partial charge is 0.255 e. The fourth-order valence-corrected chi connectivity index (χ4v) is 6.22. The molecule has 38 heavy (non-hydrogen) atoms. The van der Waals surface area contributed by atoms with Crippen LogP contribution in [0.4, 0.5) is 13.2 Å². The van der Waals surface area contributed by atoms with Crippen molar-refractivity contribution in [2.24, 2.45) is 5.41 Å². The molecule has 2 aromatic heterocycles. The van der Waals surface area contributed by atoms with Crippen LogP contribution in [0.15, 0.2) is 72.9 Å². The molecule has 0 spiro atoms. The largest absolute Gasteiger partial charge is 0.394 e. The van der Waals surface area contributed by atoms with E-state index in [2.05, 4.69) is 50.0 Å². The van der Waals surface area contributed by atoms with Gasteiger partial charge in [0.25, 0.3) is 0 Å². The zero-order valence-electron chi connectivity index (χ0n) is 24.5. The van der Waals surface area contributed by atoms with Gasteiger partial charge in [0.05, 0.1) is 18.6 Å². The van der Waals surface area contributed by atoms with Crippen LogP contribution in [0.3, 0.4) is 0 Å². The van der Waals surface area contributed by atoms with Gasteiger partial charge in [-0.2, -0.15) is 13.2 Å². The van der Waals surface area contributed by atoms with Crippen LogP contribution in [0.25, 0.3) is 42.6 Å². The lowest BCUT2D eigenvalue weighted by molar-refractivity contribution is -0.211. The summed E-state index contributed by atoms with van der Waals surface area (Å²) in [6, 6.07) is 19.8. The van der Waals surface area contributed by atoms with Crippen molar-refractivity contribution in [1.29, 1.82) is 0 Å². The topological polar surface area (TPSA) is 12.9 Å². The average molecular weight is 534 g/mol. The second-order valence-corrected chi connectivity index (χ2v) is 12.7. The van der Waals surface area contributed by atoms with Crippen molar-refractivity contribution in [2.45, 2.75) is 59.6 Å². The Labute approximate surface area is 229 Å². The van der Waals surface area contributed by atoms with Gasteiger partial charge in [-0.25, -0.2) is 0 Å². The Morgan fingerprint density at radius 3 is 2.21 bits per heavy atom. The van der Waals surface area contributed by atoms with Gasteiger partial charge in [0, 0.05) is 16.6 Å². The van der Waals surface area contributed by atoms with Gasteiger partial charge in [-0.1, -0.05) is 83.1 Å². The molecular formula is C33H32F3NS. The Morgan fingerprint density at radius 2 is 1.55 bits per heavy atom. The van der Waals surface area contributed by atoms with Gasteiger partial charge in [0.2, 0.25) is 0 Å². The number of hydrogen-bond donors (Lipinski definition) is 0. The molecule has 0 saturated heterocycles. The van der Waals surface area contributed by atoms with Gasteiger partial charge in [0.1, 0.15) is 0 Å². The van der Waals surface area contributed by atoms with Crippen molar-refractivity contribution in [3.05, 3.63) is 89.6 Å². The first-order valence-corrected chi connectivity index (χ1v) is 13.5. The Hall–Kier alpha value is -3.18. The van der Waals surface area contributed by atoms with Crippen LogP contribution in [-0.2, 0) is 11.8 Å². The van der Waals surface area contributed by atoms with E-state index in [-0.39, 0.29) is 24.1 Å². The van der Waals surface area contributed by atoms with E-state index in [0.717, 1.165) is 31.7 Å². The van der Waals surface area contributed by atoms with E-state index in [9.17, 15) is 13.2 Å². The van der Waals surface area contributed by atoms with Crippen LogP contribution in [-0.4, -0.2) is 11.2 Å². The van der Waals surface area contributed by atoms with E-state index in [1.165, 1.54) is 36.1 Å². The van der Waals surface area contributed by atoms with Crippen LogP contribution in [0.2, 0.25) is 0 Å². The van der Waals surface area contributed by atoms with Crippen LogP contribution in [0.1, 0.15) is 54.1 Å². The minimum atomic E-state index is -4.29. The summed E-state index contributed by atoms with van der Waals surface area (Å²) < 4.78 is 58.3. The molecule has 0 amide bonds. The fourth-order valence-electron chi connectivity index (χ4n) is 4.94. The predicted molar refractivity (Wildman–Crippen MR) is 155 cm³/mol. The highest BCUT2D eigenvalue weighted by molar-refractivity contribution is 7.23. The molecule has 0 radical (unpaired) electrons. The number of halogens is 3. The first-order chi connectivity index (χ1) is 18.6. The van der Waals surface area contributed by atoms with E-state index in [0.29, 0.717) is 16.6 Å². The van der Waals surface area contributed by atoms with Crippen molar-refractivity contribution in [3.63, 3.8) is 0 Å². The van der Waals surface area contributed by atoms with Crippen LogP contribution >= 0.6 is 11.3 Å². The molecule has 0 atom stereocenters. The predicted octanol–water partition coefficient (Wildman–Crippen LogP) is 10.5. The molecule has 0 aliphatic rings. The van der Waals surface area contributed by atoms with Crippen LogP contribution < -0.4 is 0 Å². The highest BCUT2D eigenvalue weighted by atomic mass is 32.1. The van der Waals surface area contributed by atoms with E-state index in [1.807, 2.05) is 31.2 Å². The van der Waals surface area contributed by atoms with Gasteiger partial charge in [-0.05, 0) is 75.3 Å². The summed E-state index contributed by atoms with van der Waals surface area (Å²) in [6.45, 7) is 10.9. The number of fused-ring (bicyclic) bond motifs is 2. The summed E-state index contributed by atoms with van der Waals surface area (Å²) in [5.74, 6) is 0. The molecule has 3 aromatic carbocycles. The minimum absolute atomic E-state index is 0.0786. The number of aromatic nitrogens is 1. The molecule has 1 nitrogen and oxygen atoms in total. The summed E-state index contributed by atoms with van der Waals surface area (Å²) in [6.07, 6.45) is -4.47. The van der Waals surface area contributed by atoms with Gasteiger partial charge in [-0.3, -0.25) is 4.98 Å². The quantitative estimate of drug-likeness (QED) is 0.224. The number of aryl methyl sites for hydroxylation is 1. The first-order valence-electron chi connectivity index (χ1n) is 13.7. The molecule has 0 bridgehead atoms.